The van der Waals surface area contributed by atoms with Crippen LogP contribution in [0.2, 0.25) is 0 Å². The highest BCUT2D eigenvalue weighted by Gasteiger charge is 2.27. The Bertz CT molecular complexity index is 267. The number of guanidine groups is 1. The summed E-state index contributed by atoms with van der Waals surface area (Å²) in [5.74, 6) is 0.628. The van der Waals surface area contributed by atoms with Gasteiger partial charge in [-0.2, -0.15) is 13.2 Å². The van der Waals surface area contributed by atoms with E-state index in [0.717, 1.165) is 0 Å². The second-order valence-corrected chi connectivity index (χ2v) is 3.91. The Morgan fingerprint density at radius 3 is 2.38 bits per heavy atom. The molecule has 0 spiro atoms. The number of rotatable bonds is 10. The Hall–Kier alpha value is -0.290. The van der Waals surface area contributed by atoms with Gasteiger partial charge in [0.2, 0.25) is 0 Å². The molecule has 0 fully saturated rings. The van der Waals surface area contributed by atoms with Crippen molar-refractivity contribution < 1.29 is 22.6 Å². The van der Waals surface area contributed by atoms with Gasteiger partial charge in [-0.25, -0.2) is 0 Å². The van der Waals surface area contributed by atoms with Crippen molar-refractivity contribution in [1.82, 2.24) is 10.6 Å². The first-order valence-electron chi connectivity index (χ1n) is 6.74. The first kappa shape index (κ1) is 23.0. The van der Waals surface area contributed by atoms with Crippen LogP contribution in [0.5, 0.6) is 0 Å². The Kier molecular flexibility index (Phi) is 16.0. The van der Waals surface area contributed by atoms with E-state index in [4.69, 9.17) is 4.74 Å². The summed E-state index contributed by atoms with van der Waals surface area (Å²) in [6.07, 6.45) is -3.82. The molecule has 0 amide bonds. The molecule has 0 aromatic heterocycles. The van der Waals surface area contributed by atoms with E-state index in [-0.39, 0.29) is 30.6 Å². The maximum atomic E-state index is 11.8. The van der Waals surface area contributed by atoms with Gasteiger partial charge in [-0.05, 0) is 20.3 Å². The zero-order valence-electron chi connectivity index (χ0n) is 12.5. The predicted molar refractivity (Wildman–Crippen MR) is 87.4 cm³/mol. The Morgan fingerprint density at radius 1 is 1.10 bits per heavy atom. The molecule has 21 heavy (non-hydrogen) atoms. The summed E-state index contributed by atoms with van der Waals surface area (Å²) in [5, 5.41) is 6.10. The molecule has 0 saturated carbocycles. The molecule has 0 radical (unpaired) electrons. The van der Waals surface area contributed by atoms with Crippen molar-refractivity contribution in [3.8, 4) is 0 Å². The van der Waals surface area contributed by atoms with Crippen LogP contribution in [-0.2, 0) is 9.47 Å². The Morgan fingerprint density at radius 2 is 1.81 bits per heavy atom. The second-order valence-electron chi connectivity index (χ2n) is 3.91. The van der Waals surface area contributed by atoms with E-state index >= 15 is 0 Å². The van der Waals surface area contributed by atoms with Crippen LogP contribution in [0.3, 0.4) is 0 Å². The number of hydrogen-bond donors (Lipinski definition) is 2. The third-order valence-corrected chi connectivity index (χ3v) is 2.07. The highest BCUT2D eigenvalue weighted by molar-refractivity contribution is 14.0. The normalized spacial score (nSPS) is 12.0. The van der Waals surface area contributed by atoms with Crippen molar-refractivity contribution in [2.24, 2.45) is 4.99 Å². The van der Waals surface area contributed by atoms with E-state index in [1.54, 1.807) is 0 Å². The lowest BCUT2D eigenvalue weighted by Gasteiger charge is -2.11. The Balaban J connectivity index is 0. The van der Waals surface area contributed by atoms with Crippen molar-refractivity contribution in [2.45, 2.75) is 26.4 Å². The summed E-state index contributed by atoms with van der Waals surface area (Å²) in [7, 11) is 0. The lowest BCUT2D eigenvalue weighted by molar-refractivity contribution is -0.173. The molecule has 0 aromatic rings. The summed E-state index contributed by atoms with van der Waals surface area (Å²) in [4.78, 5) is 4.22. The molecule has 0 atom stereocenters. The van der Waals surface area contributed by atoms with Crippen LogP contribution in [0.1, 0.15) is 20.3 Å². The van der Waals surface area contributed by atoms with Gasteiger partial charge in [-0.3, -0.25) is 4.99 Å². The van der Waals surface area contributed by atoms with Crippen LogP contribution in [0.4, 0.5) is 13.2 Å². The Labute approximate surface area is 141 Å². The van der Waals surface area contributed by atoms with Gasteiger partial charge in [0, 0.05) is 32.8 Å². The number of alkyl halides is 3. The van der Waals surface area contributed by atoms with Gasteiger partial charge in [0.15, 0.2) is 5.96 Å². The predicted octanol–water partition coefficient (Wildman–Crippen LogP) is 2.17. The van der Waals surface area contributed by atoms with Gasteiger partial charge in [0.1, 0.15) is 6.61 Å². The van der Waals surface area contributed by atoms with Gasteiger partial charge in [0.05, 0.1) is 6.61 Å². The smallest absolute Gasteiger partial charge is 0.380 e. The summed E-state index contributed by atoms with van der Waals surface area (Å²) in [5.41, 5.74) is 0. The minimum absolute atomic E-state index is 0. The van der Waals surface area contributed by atoms with Crippen molar-refractivity contribution in [3.05, 3.63) is 0 Å². The molecule has 0 bridgehead atoms. The fourth-order valence-corrected chi connectivity index (χ4v) is 1.27. The van der Waals surface area contributed by atoms with Crippen molar-refractivity contribution in [1.29, 1.82) is 0 Å². The molecule has 0 aromatic carbocycles. The highest BCUT2D eigenvalue weighted by Crippen LogP contribution is 2.14. The first-order valence-corrected chi connectivity index (χ1v) is 6.74. The molecular weight excluding hydrogens is 402 g/mol. The van der Waals surface area contributed by atoms with E-state index in [0.29, 0.717) is 45.2 Å². The van der Waals surface area contributed by atoms with Gasteiger partial charge < -0.3 is 20.1 Å². The van der Waals surface area contributed by atoms with E-state index in [1.807, 2.05) is 13.8 Å². The quantitative estimate of drug-likeness (QED) is 0.243. The molecule has 2 N–H and O–H groups in total. The zero-order chi connectivity index (χ0) is 15.3. The second kappa shape index (κ2) is 14.6. The van der Waals surface area contributed by atoms with E-state index in [9.17, 15) is 13.2 Å². The average molecular weight is 427 g/mol. The third kappa shape index (κ3) is 17.7. The fraction of sp³-hybridized carbons (Fsp3) is 0.917. The van der Waals surface area contributed by atoms with Gasteiger partial charge in [-0.15, -0.1) is 24.0 Å². The number of halogens is 4. The monoisotopic (exact) mass is 427 g/mol. The van der Waals surface area contributed by atoms with Gasteiger partial charge >= 0.3 is 6.18 Å². The number of nitrogens with one attached hydrogen (secondary N) is 2. The standard InChI is InChI=1S/C12H24F3N3O2.HI/c1-3-16-11(18-7-9-19-4-2)17-6-5-8-20-10-12(13,14)15;/h3-10H2,1-2H3,(H2,16,17,18);1H. The largest absolute Gasteiger partial charge is 0.411 e. The molecule has 9 heteroatoms. The molecule has 128 valence electrons. The van der Waals surface area contributed by atoms with Gasteiger partial charge in [0.25, 0.3) is 0 Å². The minimum Gasteiger partial charge on any atom is -0.380 e. The molecule has 0 unspecified atom stereocenters. The van der Waals surface area contributed by atoms with E-state index in [1.165, 1.54) is 0 Å². The highest BCUT2D eigenvalue weighted by atomic mass is 127. The fourth-order valence-electron chi connectivity index (χ4n) is 1.27. The SMILES string of the molecule is CCNC(=NCCCOCC(F)(F)F)NCCOCC.I. The first-order chi connectivity index (χ1) is 9.49. The lowest BCUT2D eigenvalue weighted by Crippen LogP contribution is -2.39. The van der Waals surface area contributed by atoms with Crippen LogP contribution in [0, 0.1) is 0 Å². The molecular formula is C12H25F3IN3O2. The van der Waals surface area contributed by atoms with Crippen LogP contribution >= 0.6 is 24.0 Å². The molecule has 5 nitrogen and oxygen atoms in total. The minimum atomic E-state index is -4.26. The van der Waals surface area contributed by atoms with Crippen LogP contribution in [0.15, 0.2) is 4.99 Å². The topological polar surface area (TPSA) is 54.9 Å². The molecule has 0 heterocycles. The zero-order valence-corrected chi connectivity index (χ0v) is 14.8. The molecule has 0 rings (SSSR count). The summed E-state index contributed by atoms with van der Waals surface area (Å²) in [6.45, 7) is 5.68. The third-order valence-electron chi connectivity index (χ3n) is 2.07. The van der Waals surface area contributed by atoms with Crippen molar-refractivity contribution >= 4 is 29.9 Å². The average Bonchev–Trinajstić information content (AvgIpc) is 2.37. The van der Waals surface area contributed by atoms with E-state index < -0.39 is 12.8 Å². The summed E-state index contributed by atoms with van der Waals surface area (Å²) >= 11 is 0. The van der Waals surface area contributed by atoms with Crippen LogP contribution in [-0.4, -0.2) is 58.2 Å². The molecule has 0 aliphatic heterocycles. The van der Waals surface area contributed by atoms with Crippen LogP contribution < -0.4 is 10.6 Å². The number of nitrogens with zero attached hydrogens (tertiary/aromatic N) is 1. The number of ether oxygens (including phenoxy) is 2. The van der Waals surface area contributed by atoms with E-state index in [2.05, 4.69) is 20.4 Å². The van der Waals surface area contributed by atoms with Gasteiger partial charge in [-0.1, -0.05) is 0 Å². The molecule has 0 aliphatic carbocycles. The molecule has 0 saturated heterocycles. The maximum absolute atomic E-state index is 11.8. The lowest BCUT2D eigenvalue weighted by atomic mass is 10.4. The number of aliphatic imine (C=N–C) groups is 1. The summed E-state index contributed by atoms with van der Waals surface area (Å²) in [6, 6.07) is 0. The number of hydrogen-bond acceptors (Lipinski definition) is 3. The van der Waals surface area contributed by atoms with Crippen molar-refractivity contribution in [2.75, 3.05) is 46.1 Å². The molecule has 0 aliphatic rings. The maximum Gasteiger partial charge on any atom is 0.411 e. The van der Waals surface area contributed by atoms with Crippen LogP contribution in [0.25, 0.3) is 0 Å². The summed E-state index contributed by atoms with van der Waals surface area (Å²) < 4.78 is 45.1. The van der Waals surface area contributed by atoms with Crippen molar-refractivity contribution in [3.63, 3.8) is 0 Å².